The predicted molar refractivity (Wildman–Crippen MR) is 96.4 cm³/mol. The Morgan fingerprint density at radius 1 is 1.22 bits per heavy atom. The fourth-order valence-electron chi connectivity index (χ4n) is 4.02. The van der Waals surface area contributed by atoms with Gasteiger partial charge in [0, 0.05) is 34.9 Å². The topological polar surface area (TPSA) is 49.0 Å². The van der Waals surface area contributed by atoms with Crippen molar-refractivity contribution in [2.75, 3.05) is 6.61 Å². The third-order valence-electron chi connectivity index (χ3n) is 5.25. The van der Waals surface area contributed by atoms with Crippen LogP contribution in [0.15, 0.2) is 24.4 Å². The summed E-state index contributed by atoms with van der Waals surface area (Å²) in [6, 6.07) is 6.28. The molecule has 0 aliphatic heterocycles. The van der Waals surface area contributed by atoms with Crippen molar-refractivity contribution < 1.29 is 5.11 Å². The summed E-state index contributed by atoms with van der Waals surface area (Å²) in [5.41, 5.74) is 4.20. The summed E-state index contributed by atoms with van der Waals surface area (Å²) in [4.78, 5) is 0. The first-order valence-corrected chi connectivity index (χ1v) is 8.98. The lowest BCUT2D eigenvalue weighted by Crippen LogP contribution is -2.08. The van der Waals surface area contributed by atoms with Crippen LogP contribution in [0.4, 0.5) is 0 Å². The molecule has 1 aliphatic rings. The third-order valence-corrected chi connectivity index (χ3v) is 5.25. The van der Waals surface area contributed by atoms with E-state index in [0.717, 1.165) is 23.2 Å². The number of aromatic nitrogens is 1. The van der Waals surface area contributed by atoms with Crippen LogP contribution in [0.1, 0.15) is 56.1 Å². The molecule has 0 amide bonds. The zero-order valence-electron chi connectivity index (χ0n) is 14.1. The second-order valence-electron chi connectivity index (χ2n) is 6.97. The van der Waals surface area contributed by atoms with Gasteiger partial charge in [-0.15, -0.1) is 0 Å². The highest BCUT2D eigenvalue weighted by Crippen LogP contribution is 2.30. The molecule has 1 fully saturated rings. The lowest BCUT2D eigenvalue weighted by atomic mass is 9.91. The smallest absolute Gasteiger partial charge is 0.0610 e. The van der Waals surface area contributed by atoms with Crippen LogP contribution >= 0.6 is 0 Å². The SMILES string of the molecule is Cc1cccc2c1c(C(=N)CC1CCCCCC1)cn2CCO. The number of rotatable bonds is 5. The van der Waals surface area contributed by atoms with Gasteiger partial charge in [0.25, 0.3) is 0 Å². The normalized spacial score (nSPS) is 16.6. The molecule has 0 spiro atoms. The van der Waals surface area contributed by atoms with E-state index in [1.807, 2.05) is 0 Å². The van der Waals surface area contributed by atoms with Crippen molar-refractivity contribution in [3.63, 3.8) is 0 Å². The number of fused-ring (bicyclic) bond motifs is 1. The number of benzene rings is 1. The van der Waals surface area contributed by atoms with E-state index in [1.54, 1.807) is 0 Å². The van der Waals surface area contributed by atoms with Gasteiger partial charge in [0.2, 0.25) is 0 Å². The molecule has 1 aromatic heterocycles. The first kappa shape index (κ1) is 16.3. The van der Waals surface area contributed by atoms with E-state index in [-0.39, 0.29) is 6.61 Å². The molecule has 1 aliphatic carbocycles. The summed E-state index contributed by atoms with van der Waals surface area (Å²) in [7, 11) is 0. The molecule has 0 radical (unpaired) electrons. The van der Waals surface area contributed by atoms with Crippen molar-refractivity contribution in [3.05, 3.63) is 35.5 Å². The average Bonchev–Trinajstić information content (AvgIpc) is 2.73. The van der Waals surface area contributed by atoms with Crippen LogP contribution < -0.4 is 0 Å². The molecule has 1 aromatic carbocycles. The first-order valence-electron chi connectivity index (χ1n) is 8.98. The minimum absolute atomic E-state index is 0.132. The lowest BCUT2D eigenvalue weighted by molar-refractivity contribution is 0.278. The van der Waals surface area contributed by atoms with Gasteiger partial charge in [0.1, 0.15) is 0 Å². The molecule has 3 heteroatoms. The summed E-state index contributed by atoms with van der Waals surface area (Å²) in [5.74, 6) is 0.672. The molecular weight excluding hydrogens is 284 g/mol. The van der Waals surface area contributed by atoms with E-state index in [2.05, 4.69) is 35.9 Å². The Hall–Kier alpha value is -1.61. The Bertz CT molecular complexity index is 678. The van der Waals surface area contributed by atoms with Gasteiger partial charge in [-0.3, -0.25) is 0 Å². The monoisotopic (exact) mass is 312 g/mol. The van der Waals surface area contributed by atoms with Crippen LogP contribution in [0, 0.1) is 18.3 Å². The van der Waals surface area contributed by atoms with Crippen LogP contribution in [-0.4, -0.2) is 22.0 Å². The Morgan fingerprint density at radius 2 is 1.96 bits per heavy atom. The number of aryl methyl sites for hydroxylation is 1. The number of aliphatic hydroxyl groups excluding tert-OH is 1. The fraction of sp³-hybridized carbons (Fsp3) is 0.550. The number of aliphatic hydroxyl groups is 1. The quantitative estimate of drug-likeness (QED) is 0.611. The van der Waals surface area contributed by atoms with E-state index in [0.29, 0.717) is 12.5 Å². The van der Waals surface area contributed by atoms with Gasteiger partial charge in [-0.2, -0.15) is 0 Å². The number of nitrogens with zero attached hydrogens (tertiary/aromatic N) is 1. The van der Waals surface area contributed by atoms with Gasteiger partial charge in [-0.1, -0.05) is 50.7 Å². The van der Waals surface area contributed by atoms with E-state index in [4.69, 9.17) is 5.41 Å². The predicted octanol–water partition coefficient (Wildman–Crippen LogP) is 4.67. The molecule has 0 bridgehead atoms. The number of hydrogen-bond acceptors (Lipinski definition) is 2. The molecule has 0 saturated heterocycles. The van der Waals surface area contributed by atoms with Crippen LogP contribution in [0.25, 0.3) is 10.9 Å². The number of nitrogens with one attached hydrogen (secondary N) is 1. The van der Waals surface area contributed by atoms with E-state index in [1.165, 1.54) is 49.5 Å². The van der Waals surface area contributed by atoms with Gasteiger partial charge in [-0.25, -0.2) is 0 Å². The molecule has 0 atom stereocenters. The summed E-state index contributed by atoms with van der Waals surface area (Å²) in [6.07, 6.45) is 10.9. The maximum absolute atomic E-state index is 9.31. The first-order chi connectivity index (χ1) is 11.2. The van der Waals surface area contributed by atoms with E-state index in [9.17, 15) is 5.11 Å². The highest BCUT2D eigenvalue weighted by molar-refractivity contribution is 6.10. The van der Waals surface area contributed by atoms with Crippen molar-refractivity contribution in [3.8, 4) is 0 Å². The lowest BCUT2D eigenvalue weighted by Gasteiger charge is -2.14. The molecule has 2 N–H and O–H groups in total. The maximum Gasteiger partial charge on any atom is 0.0610 e. The molecule has 1 saturated carbocycles. The Balaban J connectivity index is 1.90. The van der Waals surface area contributed by atoms with E-state index < -0.39 is 0 Å². The van der Waals surface area contributed by atoms with Gasteiger partial charge in [-0.05, 0) is 30.9 Å². The van der Waals surface area contributed by atoms with Crippen molar-refractivity contribution in [2.45, 2.75) is 58.4 Å². The third kappa shape index (κ3) is 3.50. The van der Waals surface area contributed by atoms with Gasteiger partial charge in [0.15, 0.2) is 0 Å². The molecule has 124 valence electrons. The van der Waals surface area contributed by atoms with Gasteiger partial charge < -0.3 is 15.1 Å². The Morgan fingerprint density at radius 3 is 2.65 bits per heavy atom. The van der Waals surface area contributed by atoms with Crippen molar-refractivity contribution >= 4 is 16.6 Å². The second-order valence-corrected chi connectivity index (χ2v) is 6.97. The zero-order chi connectivity index (χ0) is 16.2. The molecular formula is C20H28N2O. The molecule has 3 rings (SSSR count). The fourth-order valence-corrected chi connectivity index (χ4v) is 4.02. The van der Waals surface area contributed by atoms with Crippen LogP contribution in [0.5, 0.6) is 0 Å². The maximum atomic E-state index is 9.31. The molecule has 2 aromatic rings. The summed E-state index contributed by atoms with van der Waals surface area (Å²) >= 11 is 0. The standard InChI is InChI=1S/C20H28N2O/c1-15-7-6-10-19-20(15)17(14-22(19)11-12-23)18(21)13-16-8-4-2-3-5-9-16/h6-7,10,14,16,21,23H,2-5,8-9,11-13H2,1H3. The average molecular weight is 312 g/mol. The zero-order valence-corrected chi connectivity index (χ0v) is 14.1. The van der Waals surface area contributed by atoms with Crippen molar-refractivity contribution in [1.82, 2.24) is 4.57 Å². The molecule has 1 heterocycles. The number of hydrogen-bond donors (Lipinski definition) is 2. The van der Waals surface area contributed by atoms with Crippen LogP contribution in [0.2, 0.25) is 0 Å². The molecule has 0 unspecified atom stereocenters. The molecule has 23 heavy (non-hydrogen) atoms. The van der Waals surface area contributed by atoms with Crippen LogP contribution in [-0.2, 0) is 6.54 Å². The summed E-state index contributed by atoms with van der Waals surface area (Å²) in [5, 5.41) is 19.2. The van der Waals surface area contributed by atoms with Crippen molar-refractivity contribution in [1.29, 1.82) is 5.41 Å². The molecule has 3 nitrogen and oxygen atoms in total. The minimum Gasteiger partial charge on any atom is -0.395 e. The van der Waals surface area contributed by atoms with Crippen LogP contribution in [0.3, 0.4) is 0 Å². The van der Waals surface area contributed by atoms with Gasteiger partial charge in [0.05, 0.1) is 6.61 Å². The highest BCUT2D eigenvalue weighted by Gasteiger charge is 2.19. The summed E-state index contributed by atoms with van der Waals surface area (Å²) in [6.45, 7) is 2.85. The van der Waals surface area contributed by atoms with Crippen molar-refractivity contribution in [2.24, 2.45) is 5.92 Å². The Labute approximate surface area is 138 Å². The summed E-state index contributed by atoms with van der Waals surface area (Å²) < 4.78 is 2.10. The largest absolute Gasteiger partial charge is 0.395 e. The highest BCUT2D eigenvalue weighted by atomic mass is 16.3. The van der Waals surface area contributed by atoms with Gasteiger partial charge >= 0.3 is 0 Å². The Kier molecular flexibility index (Phi) is 5.16. The minimum atomic E-state index is 0.132. The van der Waals surface area contributed by atoms with E-state index >= 15 is 0 Å². The second kappa shape index (κ2) is 7.31.